The lowest BCUT2D eigenvalue weighted by Crippen LogP contribution is -2.28. The minimum absolute atomic E-state index is 0.0165. The molecule has 0 aromatic heterocycles. The number of rotatable bonds is 10. The van der Waals surface area contributed by atoms with E-state index in [1.807, 2.05) is 49.4 Å². The Morgan fingerprint density at radius 3 is 2.25 bits per heavy atom. The Morgan fingerprint density at radius 1 is 0.917 bits per heavy atom. The minimum atomic E-state index is -0.157. The van der Waals surface area contributed by atoms with Gasteiger partial charge in [-0.25, -0.2) is 0 Å². The van der Waals surface area contributed by atoms with Crippen LogP contribution in [0.3, 0.4) is 0 Å². The third kappa shape index (κ3) is 6.71. The first kappa shape index (κ1) is 17.8. The van der Waals surface area contributed by atoms with Gasteiger partial charge in [-0.2, -0.15) is 0 Å². The van der Waals surface area contributed by atoms with Crippen LogP contribution in [0, 0.1) is 0 Å². The van der Waals surface area contributed by atoms with Crippen LogP contribution in [0.25, 0.3) is 0 Å². The molecule has 0 aliphatic rings. The molecular formula is C19H23NO4. The Morgan fingerprint density at radius 2 is 1.58 bits per heavy atom. The van der Waals surface area contributed by atoms with E-state index in [2.05, 4.69) is 5.32 Å². The highest BCUT2D eigenvalue weighted by atomic mass is 16.5. The van der Waals surface area contributed by atoms with Gasteiger partial charge in [0.05, 0.1) is 6.61 Å². The molecular weight excluding hydrogens is 306 g/mol. The fourth-order valence-electron chi connectivity index (χ4n) is 1.99. The van der Waals surface area contributed by atoms with Gasteiger partial charge in [-0.15, -0.1) is 0 Å². The molecule has 0 aliphatic carbocycles. The third-order valence-corrected chi connectivity index (χ3v) is 3.23. The first-order chi connectivity index (χ1) is 11.8. The quantitative estimate of drug-likeness (QED) is 0.681. The third-order valence-electron chi connectivity index (χ3n) is 3.23. The van der Waals surface area contributed by atoms with Crippen LogP contribution in [0.2, 0.25) is 0 Å². The Balaban J connectivity index is 1.67. The maximum Gasteiger partial charge on any atom is 0.258 e. The standard InChI is InChI=1S/C19H23NO4/c1-2-22-12-13-23-17-8-10-18(11-9-17)24-15-19(21)20-14-16-6-4-3-5-7-16/h3-11H,2,12-15H2,1H3,(H,20,21). The Kier molecular flexibility index (Phi) is 7.63. The van der Waals surface area contributed by atoms with E-state index < -0.39 is 0 Å². The Labute approximate surface area is 142 Å². The normalized spacial score (nSPS) is 10.2. The summed E-state index contributed by atoms with van der Waals surface area (Å²) in [4.78, 5) is 11.8. The average molecular weight is 329 g/mol. The molecule has 0 aliphatic heterocycles. The van der Waals surface area contributed by atoms with Crippen molar-refractivity contribution in [3.05, 3.63) is 60.2 Å². The van der Waals surface area contributed by atoms with Crippen LogP contribution in [-0.4, -0.2) is 32.3 Å². The molecule has 0 saturated heterocycles. The first-order valence-corrected chi connectivity index (χ1v) is 8.02. The maximum absolute atomic E-state index is 11.8. The van der Waals surface area contributed by atoms with E-state index in [0.29, 0.717) is 32.1 Å². The summed E-state index contributed by atoms with van der Waals surface area (Å²) in [6, 6.07) is 16.9. The van der Waals surface area contributed by atoms with Crippen LogP contribution in [0.5, 0.6) is 11.5 Å². The van der Waals surface area contributed by atoms with Crippen molar-refractivity contribution in [1.82, 2.24) is 5.32 Å². The molecule has 5 heteroatoms. The van der Waals surface area contributed by atoms with Crippen molar-refractivity contribution in [2.45, 2.75) is 13.5 Å². The molecule has 0 spiro atoms. The average Bonchev–Trinajstić information content (AvgIpc) is 2.64. The van der Waals surface area contributed by atoms with Crippen LogP contribution in [0.1, 0.15) is 12.5 Å². The van der Waals surface area contributed by atoms with Crippen LogP contribution >= 0.6 is 0 Å². The van der Waals surface area contributed by atoms with Gasteiger partial charge < -0.3 is 19.5 Å². The largest absolute Gasteiger partial charge is 0.491 e. The second-order valence-corrected chi connectivity index (χ2v) is 5.07. The summed E-state index contributed by atoms with van der Waals surface area (Å²) in [7, 11) is 0. The van der Waals surface area contributed by atoms with Crippen molar-refractivity contribution in [2.24, 2.45) is 0 Å². The summed E-state index contributed by atoms with van der Waals surface area (Å²) in [5, 5.41) is 2.82. The van der Waals surface area contributed by atoms with Gasteiger partial charge >= 0.3 is 0 Å². The molecule has 0 radical (unpaired) electrons. The zero-order valence-corrected chi connectivity index (χ0v) is 13.9. The molecule has 0 unspecified atom stereocenters. The highest BCUT2D eigenvalue weighted by molar-refractivity contribution is 5.77. The number of benzene rings is 2. The van der Waals surface area contributed by atoms with Gasteiger partial charge in [0.2, 0.25) is 0 Å². The van der Waals surface area contributed by atoms with E-state index in [1.54, 1.807) is 12.1 Å². The molecule has 24 heavy (non-hydrogen) atoms. The van der Waals surface area contributed by atoms with Gasteiger partial charge in [-0.3, -0.25) is 4.79 Å². The summed E-state index contributed by atoms with van der Waals surface area (Å²) >= 11 is 0. The molecule has 2 rings (SSSR count). The predicted molar refractivity (Wildman–Crippen MR) is 92.2 cm³/mol. The van der Waals surface area contributed by atoms with Crippen LogP contribution in [-0.2, 0) is 16.1 Å². The summed E-state index contributed by atoms with van der Waals surface area (Å²) in [5.41, 5.74) is 1.06. The predicted octanol–water partition coefficient (Wildman–Crippen LogP) is 2.80. The van der Waals surface area contributed by atoms with Gasteiger partial charge in [-0.1, -0.05) is 30.3 Å². The Bertz CT molecular complexity index is 599. The molecule has 1 amide bonds. The fourth-order valence-corrected chi connectivity index (χ4v) is 1.99. The van der Waals surface area contributed by atoms with Gasteiger partial charge in [0.25, 0.3) is 5.91 Å². The van der Waals surface area contributed by atoms with Crippen molar-refractivity contribution in [2.75, 3.05) is 26.4 Å². The number of hydrogen-bond donors (Lipinski definition) is 1. The highest BCUT2D eigenvalue weighted by Crippen LogP contribution is 2.17. The number of hydrogen-bond acceptors (Lipinski definition) is 4. The molecule has 1 N–H and O–H groups in total. The molecule has 0 fully saturated rings. The lowest BCUT2D eigenvalue weighted by atomic mass is 10.2. The molecule has 0 saturated carbocycles. The smallest absolute Gasteiger partial charge is 0.258 e. The molecule has 0 bridgehead atoms. The van der Waals surface area contributed by atoms with E-state index in [1.165, 1.54) is 0 Å². The maximum atomic E-state index is 11.8. The summed E-state index contributed by atoms with van der Waals surface area (Å²) in [5.74, 6) is 1.22. The number of ether oxygens (including phenoxy) is 3. The molecule has 128 valence electrons. The fraction of sp³-hybridized carbons (Fsp3) is 0.316. The Hall–Kier alpha value is -2.53. The number of carbonyl (C=O) groups excluding carboxylic acids is 1. The van der Waals surface area contributed by atoms with Crippen molar-refractivity contribution in [1.29, 1.82) is 0 Å². The first-order valence-electron chi connectivity index (χ1n) is 8.02. The lowest BCUT2D eigenvalue weighted by molar-refractivity contribution is -0.123. The zero-order chi connectivity index (χ0) is 17.0. The van der Waals surface area contributed by atoms with Gasteiger partial charge in [0.15, 0.2) is 6.61 Å². The second-order valence-electron chi connectivity index (χ2n) is 5.07. The van der Waals surface area contributed by atoms with E-state index >= 15 is 0 Å². The molecule has 0 heterocycles. The topological polar surface area (TPSA) is 56.8 Å². The number of carbonyl (C=O) groups is 1. The molecule has 2 aromatic rings. The lowest BCUT2D eigenvalue weighted by Gasteiger charge is -2.09. The summed E-state index contributed by atoms with van der Waals surface area (Å²) in [6.45, 7) is 4.18. The monoisotopic (exact) mass is 329 g/mol. The van der Waals surface area contributed by atoms with Crippen LogP contribution in [0.15, 0.2) is 54.6 Å². The van der Waals surface area contributed by atoms with E-state index in [4.69, 9.17) is 14.2 Å². The van der Waals surface area contributed by atoms with Crippen LogP contribution in [0.4, 0.5) is 0 Å². The molecule has 5 nitrogen and oxygen atoms in total. The van der Waals surface area contributed by atoms with Gasteiger partial charge in [0, 0.05) is 13.2 Å². The van der Waals surface area contributed by atoms with Crippen molar-refractivity contribution in [3.8, 4) is 11.5 Å². The zero-order valence-electron chi connectivity index (χ0n) is 13.9. The number of amides is 1. The summed E-state index contributed by atoms with van der Waals surface area (Å²) < 4.78 is 16.2. The van der Waals surface area contributed by atoms with Crippen molar-refractivity contribution in [3.63, 3.8) is 0 Å². The molecule has 0 atom stereocenters. The molecule has 2 aromatic carbocycles. The van der Waals surface area contributed by atoms with Crippen molar-refractivity contribution < 1.29 is 19.0 Å². The second kappa shape index (κ2) is 10.3. The van der Waals surface area contributed by atoms with Crippen LogP contribution < -0.4 is 14.8 Å². The van der Waals surface area contributed by atoms with E-state index in [-0.39, 0.29) is 12.5 Å². The number of nitrogens with one attached hydrogen (secondary N) is 1. The minimum Gasteiger partial charge on any atom is -0.491 e. The van der Waals surface area contributed by atoms with E-state index in [0.717, 1.165) is 11.3 Å². The van der Waals surface area contributed by atoms with Crippen molar-refractivity contribution >= 4 is 5.91 Å². The van der Waals surface area contributed by atoms with Gasteiger partial charge in [-0.05, 0) is 36.8 Å². The van der Waals surface area contributed by atoms with E-state index in [9.17, 15) is 4.79 Å². The highest BCUT2D eigenvalue weighted by Gasteiger charge is 2.03. The SMILES string of the molecule is CCOCCOc1ccc(OCC(=O)NCc2ccccc2)cc1. The summed E-state index contributed by atoms with van der Waals surface area (Å²) in [6.07, 6.45) is 0. The van der Waals surface area contributed by atoms with Gasteiger partial charge in [0.1, 0.15) is 18.1 Å².